The van der Waals surface area contributed by atoms with Gasteiger partial charge < -0.3 is 14.2 Å². The number of aromatic nitrogens is 1. The molecule has 0 saturated heterocycles. The van der Waals surface area contributed by atoms with Crippen molar-refractivity contribution in [2.45, 2.75) is 13.5 Å². The number of nitrogens with zero attached hydrogens (tertiary/aromatic N) is 3. The van der Waals surface area contributed by atoms with Gasteiger partial charge in [0.2, 0.25) is 0 Å². The van der Waals surface area contributed by atoms with E-state index in [0.29, 0.717) is 23.6 Å². The topological polar surface area (TPSA) is 49.6 Å². The van der Waals surface area contributed by atoms with Crippen molar-refractivity contribution in [2.24, 2.45) is 0 Å². The summed E-state index contributed by atoms with van der Waals surface area (Å²) in [6.45, 7) is 4.20. The average Bonchev–Trinajstić information content (AvgIpc) is 3.12. The van der Waals surface area contributed by atoms with E-state index >= 15 is 0 Å². The third-order valence-electron chi connectivity index (χ3n) is 4.76. The summed E-state index contributed by atoms with van der Waals surface area (Å²) < 4.78 is 5.40. The minimum atomic E-state index is -0.0104. The summed E-state index contributed by atoms with van der Waals surface area (Å²) in [6, 6.07) is 15.5. The fourth-order valence-corrected chi connectivity index (χ4v) is 3.37. The van der Waals surface area contributed by atoms with E-state index < -0.39 is 0 Å². The van der Waals surface area contributed by atoms with Crippen LogP contribution in [0.2, 0.25) is 0 Å². The van der Waals surface area contributed by atoms with Crippen molar-refractivity contribution >= 4 is 11.6 Å². The van der Waals surface area contributed by atoms with Crippen molar-refractivity contribution in [3.63, 3.8) is 0 Å². The van der Waals surface area contributed by atoms with Crippen LogP contribution in [-0.4, -0.2) is 35.9 Å². The highest BCUT2D eigenvalue weighted by molar-refractivity contribution is 6.07. The molecule has 1 amide bonds. The molecule has 1 aromatic carbocycles. The molecule has 3 heterocycles. The van der Waals surface area contributed by atoms with Gasteiger partial charge in [-0.1, -0.05) is 18.2 Å². The standard InChI is InChI=1S/C21H21N3O2/c1-15-17(9-10-18(22-15)20-8-5-13-26-20)21(25)24-12-11-23(2)14-16-6-3-4-7-19(16)24/h3-10,13H,11-12,14H2,1-2H3. The van der Waals surface area contributed by atoms with Gasteiger partial charge in [-0.15, -0.1) is 0 Å². The van der Waals surface area contributed by atoms with Crippen molar-refractivity contribution in [1.29, 1.82) is 0 Å². The van der Waals surface area contributed by atoms with Gasteiger partial charge in [0.15, 0.2) is 5.76 Å². The molecule has 2 aromatic heterocycles. The molecule has 1 aliphatic rings. The number of aryl methyl sites for hydroxylation is 1. The number of likely N-dealkylation sites (N-methyl/N-ethyl adjacent to an activating group) is 1. The number of hydrogen-bond acceptors (Lipinski definition) is 4. The van der Waals surface area contributed by atoms with Crippen LogP contribution in [0.15, 0.2) is 59.2 Å². The number of carbonyl (C=O) groups excluding carboxylic acids is 1. The van der Waals surface area contributed by atoms with Crippen molar-refractivity contribution in [1.82, 2.24) is 9.88 Å². The zero-order valence-corrected chi connectivity index (χ0v) is 15.0. The van der Waals surface area contributed by atoms with E-state index in [-0.39, 0.29) is 5.91 Å². The molecule has 0 fully saturated rings. The van der Waals surface area contributed by atoms with Crippen LogP contribution in [0.3, 0.4) is 0 Å². The van der Waals surface area contributed by atoms with Crippen LogP contribution in [0.4, 0.5) is 5.69 Å². The van der Waals surface area contributed by atoms with Crippen LogP contribution in [0.1, 0.15) is 21.6 Å². The maximum Gasteiger partial charge on any atom is 0.260 e. The van der Waals surface area contributed by atoms with Gasteiger partial charge >= 0.3 is 0 Å². The fraction of sp³-hybridized carbons (Fsp3) is 0.238. The Bertz CT molecular complexity index is 934. The summed E-state index contributed by atoms with van der Waals surface area (Å²) in [4.78, 5) is 22.0. The summed E-state index contributed by atoms with van der Waals surface area (Å²) >= 11 is 0. The SMILES string of the molecule is Cc1nc(-c2ccco2)ccc1C(=O)N1CCN(C)Cc2ccccc21. The van der Waals surface area contributed by atoms with Gasteiger partial charge in [0.05, 0.1) is 17.5 Å². The number of furan rings is 1. The molecular formula is C21H21N3O2. The number of carbonyl (C=O) groups is 1. The summed E-state index contributed by atoms with van der Waals surface area (Å²) in [6.07, 6.45) is 1.62. The molecule has 0 spiro atoms. The van der Waals surface area contributed by atoms with Crippen LogP contribution in [-0.2, 0) is 6.54 Å². The Hall–Kier alpha value is -2.92. The number of anilines is 1. The average molecular weight is 347 g/mol. The van der Waals surface area contributed by atoms with E-state index in [1.165, 1.54) is 5.56 Å². The molecule has 0 saturated carbocycles. The van der Waals surface area contributed by atoms with E-state index in [0.717, 1.165) is 24.5 Å². The zero-order chi connectivity index (χ0) is 18.1. The first-order valence-corrected chi connectivity index (χ1v) is 8.73. The summed E-state index contributed by atoms with van der Waals surface area (Å²) in [7, 11) is 2.08. The summed E-state index contributed by atoms with van der Waals surface area (Å²) in [5.74, 6) is 0.692. The van der Waals surface area contributed by atoms with Crippen molar-refractivity contribution < 1.29 is 9.21 Å². The summed E-state index contributed by atoms with van der Waals surface area (Å²) in [5.41, 5.74) is 4.22. The second-order valence-corrected chi connectivity index (χ2v) is 6.63. The predicted molar refractivity (Wildman–Crippen MR) is 101 cm³/mol. The highest BCUT2D eigenvalue weighted by Gasteiger charge is 2.25. The number of rotatable bonds is 2. The molecule has 0 radical (unpaired) electrons. The van der Waals surface area contributed by atoms with Crippen molar-refractivity contribution in [2.75, 3.05) is 25.0 Å². The highest BCUT2D eigenvalue weighted by Crippen LogP contribution is 2.27. The van der Waals surface area contributed by atoms with Crippen molar-refractivity contribution in [3.8, 4) is 11.5 Å². The molecule has 0 aliphatic carbocycles. The zero-order valence-electron chi connectivity index (χ0n) is 15.0. The lowest BCUT2D eigenvalue weighted by Gasteiger charge is -2.23. The monoisotopic (exact) mass is 347 g/mol. The Kier molecular flexibility index (Phi) is 4.31. The lowest BCUT2D eigenvalue weighted by molar-refractivity contribution is 0.0985. The van der Waals surface area contributed by atoms with Crippen LogP contribution in [0, 0.1) is 6.92 Å². The van der Waals surface area contributed by atoms with E-state index in [1.54, 1.807) is 6.26 Å². The molecule has 0 N–H and O–H groups in total. The van der Waals surface area contributed by atoms with Crippen LogP contribution in [0.25, 0.3) is 11.5 Å². The highest BCUT2D eigenvalue weighted by atomic mass is 16.3. The van der Waals surface area contributed by atoms with E-state index in [9.17, 15) is 4.79 Å². The quantitative estimate of drug-likeness (QED) is 0.708. The van der Waals surface area contributed by atoms with Crippen molar-refractivity contribution in [3.05, 3.63) is 71.6 Å². The second kappa shape index (κ2) is 6.77. The predicted octanol–water partition coefficient (Wildman–Crippen LogP) is 3.74. The molecule has 5 heteroatoms. The third-order valence-corrected chi connectivity index (χ3v) is 4.76. The maximum atomic E-state index is 13.3. The van der Waals surface area contributed by atoms with Gasteiger partial charge in [-0.3, -0.25) is 4.79 Å². The third kappa shape index (κ3) is 3.02. The van der Waals surface area contributed by atoms with Gasteiger partial charge in [-0.25, -0.2) is 4.98 Å². The number of amides is 1. The molecule has 0 bridgehead atoms. The Labute approximate surface area is 152 Å². The van der Waals surface area contributed by atoms with Crippen LogP contribution in [0.5, 0.6) is 0 Å². The maximum absolute atomic E-state index is 13.3. The molecule has 3 aromatic rings. The first-order chi connectivity index (χ1) is 12.6. The second-order valence-electron chi connectivity index (χ2n) is 6.63. The van der Waals surface area contributed by atoms with Crippen LogP contribution >= 0.6 is 0 Å². The number of fused-ring (bicyclic) bond motifs is 1. The Morgan fingerprint density at radius 3 is 2.69 bits per heavy atom. The molecule has 4 rings (SSSR count). The number of para-hydroxylation sites is 1. The van der Waals surface area contributed by atoms with E-state index in [2.05, 4.69) is 23.0 Å². The summed E-state index contributed by atoms with van der Waals surface area (Å²) in [5, 5.41) is 0. The van der Waals surface area contributed by atoms with Gasteiger partial charge in [0, 0.05) is 25.3 Å². The fourth-order valence-electron chi connectivity index (χ4n) is 3.37. The molecule has 1 aliphatic heterocycles. The van der Waals surface area contributed by atoms with Crippen LogP contribution < -0.4 is 4.90 Å². The smallest absolute Gasteiger partial charge is 0.260 e. The molecule has 26 heavy (non-hydrogen) atoms. The largest absolute Gasteiger partial charge is 0.463 e. The Balaban J connectivity index is 1.69. The molecule has 132 valence electrons. The molecule has 0 unspecified atom stereocenters. The number of hydrogen-bond donors (Lipinski definition) is 0. The first kappa shape index (κ1) is 16.5. The van der Waals surface area contributed by atoms with E-state index in [1.807, 2.05) is 54.3 Å². The first-order valence-electron chi connectivity index (χ1n) is 8.73. The van der Waals surface area contributed by atoms with E-state index in [4.69, 9.17) is 4.42 Å². The minimum absolute atomic E-state index is 0.0104. The van der Waals surface area contributed by atoms with Gasteiger partial charge in [-0.2, -0.15) is 0 Å². The van der Waals surface area contributed by atoms with Gasteiger partial charge in [-0.05, 0) is 49.9 Å². The molecular weight excluding hydrogens is 326 g/mol. The van der Waals surface area contributed by atoms with Gasteiger partial charge in [0.1, 0.15) is 5.69 Å². The molecule has 0 atom stereocenters. The normalized spacial score (nSPS) is 14.8. The number of pyridine rings is 1. The lowest BCUT2D eigenvalue weighted by Crippen LogP contribution is -2.35. The Morgan fingerprint density at radius 1 is 1.08 bits per heavy atom. The van der Waals surface area contributed by atoms with Gasteiger partial charge in [0.25, 0.3) is 5.91 Å². The minimum Gasteiger partial charge on any atom is -0.463 e. The lowest BCUT2D eigenvalue weighted by atomic mass is 10.1. The number of benzene rings is 1. The Morgan fingerprint density at radius 2 is 1.92 bits per heavy atom. The molecule has 5 nitrogen and oxygen atoms in total.